The highest BCUT2D eigenvalue weighted by Gasteiger charge is 2.38. The van der Waals surface area contributed by atoms with Crippen molar-refractivity contribution in [3.05, 3.63) is 35.8 Å². The summed E-state index contributed by atoms with van der Waals surface area (Å²) in [4.78, 5) is 21.4. The van der Waals surface area contributed by atoms with Crippen molar-refractivity contribution < 1.29 is 33.0 Å². The van der Waals surface area contributed by atoms with Crippen LogP contribution in [0.4, 0.5) is 13.2 Å². The van der Waals surface area contributed by atoms with Crippen molar-refractivity contribution in [2.75, 3.05) is 6.67 Å². The summed E-state index contributed by atoms with van der Waals surface area (Å²) in [6.07, 6.45) is 1.71. The molecular weight excluding hydrogens is 269 g/mol. The highest BCUT2D eigenvalue weighted by Crippen LogP contribution is 2.18. The molecule has 0 saturated heterocycles. The van der Waals surface area contributed by atoms with Gasteiger partial charge in [0, 0.05) is 12.4 Å². The molecule has 0 saturated carbocycles. The second-order valence-corrected chi connectivity index (χ2v) is 3.42. The number of hydrogen-bond acceptors (Lipinski definition) is 4. The first-order valence-electron chi connectivity index (χ1n) is 4.85. The van der Waals surface area contributed by atoms with Crippen molar-refractivity contribution in [3.63, 3.8) is 0 Å². The van der Waals surface area contributed by atoms with E-state index in [0.717, 1.165) is 12.4 Å². The molecule has 3 N–H and O–H groups in total. The second kappa shape index (κ2) is 5.46. The molecule has 2 heterocycles. The van der Waals surface area contributed by atoms with Gasteiger partial charge in [-0.1, -0.05) is 0 Å². The van der Waals surface area contributed by atoms with E-state index in [1.165, 1.54) is 0 Å². The number of allylic oxidation sites excluding steroid dienone is 1. The highest BCUT2D eigenvalue weighted by molar-refractivity contribution is 5.90. The van der Waals surface area contributed by atoms with Crippen molar-refractivity contribution >= 4 is 11.9 Å². The first-order valence-corrected chi connectivity index (χ1v) is 4.85. The standard InChI is InChI=1S/C8H8N2O2.C2HF3O2/c11-8(12)6-1-2-10-5-9-4-7(10)3-6;3-2(4,5)1(6)7/h1-4,9H,5H2,(H,11,12);(H,6,7). The summed E-state index contributed by atoms with van der Waals surface area (Å²) in [5, 5.41) is 18.8. The fourth-order valence-corrected chi connectivity index (χ4v) is 1.20. The largest absolute Gasteiger partial charge is 0.490 e. The quantitative estimate of drug-likeness (QED) is 0.659. The Kier molecular flexibility index (Phi) is 4.20. The highest BCUT2D eigenvalue weighted by atomic mass is 19.4. The van der Waals surface area contributed by atoms with Gasteiger partial charge in [0.25, 0.3) is 0 Å². The van der Waals surface area contributed by atoms with Crippen LogP contribution in [0.2, 0.25) is 0 Å². The maximum absolute atomic E-state index is 10.6. The summed E-state index contributed by atoms with van der Waals surface area (Å²) in [6.45, 7) is 0.717. The first-order chi connectivity index (χ1) is 8.71. The van der Waals surface area contributed by atoms with Gasteiger partial charge in [-0.15, -0.1) is 0 Å². The minimum absolute atomic E-state index is 0.321. The molecule has 0 unspecified atom stereocenters. The summed E-state index contributed by atoms with van der Waals surface area (Å²) in [6, 6.07) is 0. The van der Waals surface area contributed by atoms with Gasteiger partial charge in [-0.25, -0.2) is 9.59 Å². The van der Waals surface area contributed by atoms with Gasteiger partial charge in [-0.2, -0.15) is 13.2 Å². The minimum Gasteiger partial charge on any atom is -0.478 e. The van der Waals surface area contributed by atoms with Gasteiger partial charge < -0.3 is 20.4 Å². The normalized spacial score (nSPS) is 16.5. The summed E-state index contributed by atoms with van der Waals surface area (Å²) in [5.41, 5.74) is 1.22. The lowest BCUT2D eigenvalue weighted by Gasteiger charge is -2.17. The molecule has 104 valence electrons. The molecule has 2 aliphatic heterocycles. The van der Waals surface area contributed by atoms with E-state index in [4.69, 9.17) is 15.0 Å². The number of halogens is 3. The van der Waals surface area contributed by atoms with Gasteiger partial charge in [0.05, 0.1) is 17.9 Å². The van der Waals surface area contributed by atoms with Crippen LogP contribution in [0.15, 0.2) is 35.8 Å². The molecule has 0 fully saturated rings. The summed E-state index contributed by atoms with van der Waals surface area (Å²) < 4.78 is 31.7. The van der Waals surface area contributed by atoms with E-state index in [9.17, 15) is 18.0 Å². The Hall–Kier alpha value is -2.45. The van der Waals surface area contributed by atoms with Gasteiger partial charge in [0.2, 0.25) is 0 Å². The van der Waals surface area contributed by atoms with Crippen LogP contribution in [-0.2, 0) is 9.59 Å². The number of fused-ring (bicyclic) bond motifs is 1. The van der Waals surface area contributed by atoms with Crippen molar-refractivity contribution in [3.8, 4) is 0 Å². The van der Waals surface area contributed by atoms with Gasteiger partial charge in [-0.3, -0.25) is 0 Å². The Morgan fingerprint density at radius 1 is 1.32 bits per heavy atom. The molecule has 0 aromatic rings. The van der Waals surface area contributed by atoms with Gasteiger partial charge in [-0.05, 0) is 12.2 Å². The van der Waals surface area contributed by atoms with Crippen LogP contribution in [0.1, 0.15) is 0 Å². The monoisotopic (exact) mass is 278 g/mol. The topological polar surface area (TPSA) is 89.9 Å². The summed E-state index contributed by atoms with van der Waals surface area (Å²) in [7, 11) is 0. The number of nitrogens with one attached hydrogen (secondary N) is 1. The number of hydrogen-bond donors (Lipinski definition) is 3. The van der Waals surface area contributed by atoms with E-state index >= 15 is 0 Å². The zero-order chi connectivity index (χ0) is 14.6. The smallest absolute Gasteiger partial charge is 0.478 e. The number of rotatable bonds is 1. The lowest BCUT2D eigenvalue weighted by atomic mass is 10.2. The van der Waals surface area contributed by atoms with Gasteiger partial charge >= 0.3 is 18.1 Å². The van der Waals surface area contributed by atoms with Crippen LogP contribution in [0.25, 0.3) is 0 Å². The fourth-order valence-electron chi connectivity index (χ4n) is 1.20. The molecule has 0 aromatic heterocycles. The number of nitrogens with zero attached hydrogens (tertiary/aromatic N) is 1. The third-order valence-corrected chi connectivity index (χ3v) is 2.07. The molecule has 0 bridgehead atoms. The lowest BCUT2D eigenvalue weighted by molar-refractivity contribution is -0.192. The third-order valence-electron chi connectivity index (χ3n) is 2.07. The zero-order valence-electron chi connectivity index (χ0n) is 9.31. The fraction of sp³-hybridized carbons (Fsp3) is 0.200. The van der Waals surface area contributed by atoms with Crippen LogP contribution < -0.4 is 5.32 Å². The van der Waals surface area contributed by atoms with E-state index < -0.39 is 18.1 Å². The van der Waals surface area contributed by atoms with E-state index in [1.54, 1.807) is 24.6 Å². The molecule has 0 radical (unpaired) electrons. The van der Waals surface area contributed by atoms with Crippen molar-refractivity contribution in [1.29, 1.82) is 0 Å². The van der Waals surface area contributed by atoms with E-state index in [2.05, 4.69) is 5.32 Å². The Bertz CT molecular complexity index is 480. The van der Waals surface area contributed by atoms with Crippen molar-refractivity contribution in [2.45, 2.75) is 6.18 Å². The van der Waals surface area contributed by atoms with E-state index in [-0.39, 0.29) is 0 Å². The van der Waals surface area contributed by atoms with Crippen molar-refractivity contribution in [2.24, 2.45) is 0 Å². The predicted octanol–water partition coefficient (Wildman–Crippen LogP) is 0.862. The van der Waals surface area contributed by atoms with Crippen LogP contribution >= 0.6 is 0 Å². The summed E-state index contributed by atoms with van der Waals surface area (Å²) >= 11 is 0. The summed E-state index contributed by atoms with van der Waals surface area (Å²) in [5.74, 6) is -3.65. The number of carbonyl (C=O) groups is 2. The van der Waals surface area contributed by atoms with Crippen LogP contribution in [0, 0.1) is 0 Å². The molecule has 0 amide bonds. The first kappa shape index (κ1) is 14.6. The minimum atomic E-state index is -5.08. The number of carboxylic acid groups (broad SMARTS) is 2. The average molecular weight is 278 g/mol. The lowest BCUT2D eigenvalue weighted by Crippen LogP contribution is -2.21. The maximum Gasteiger partial charge on any atom is 0.490 e. The molecule has 6 nitrogen and oxygen atoms in total. The number of alkyl halides is 3. The Labute approximate surface area is 105 Å². The maximum atomic E-state index is 10.6. The predicted molar refractivity (Wildman–Crippen MR) is 56.5 cm³/mol. The zero-order valence-corrected chi connectivity index (χ0v) is 9.31. The Balaban J connectivity index is 0.000000224. The average Bonchev–Trinajstić information content (AvgIpc) is 2.74. The Morgan fingerprint density at radius 2 is 1.89 bits per heavy atom. The van der Waals surface area contributed by atoms with Crippen molar-refractivity contribution in [1.82, 2.24) is 10.2 Å². The third kappa shape index (κ3) is 4.05. The molecule has 0 aliphatic carbocycles. The number of carboxylic acids is 2. The molecule has 0 atom stereocenters. The molecule has 2 aliphatic rings. The molecule has 19 heavy (non-hydrogen) atoms. The SMILES string of the molecule is O=C(O)C(F)(F)F.O=C(O)C1=CC2=CNCN2C=C1. The van der Waals surface area contributed by atoms with Gasteiger partial charge in [0.15, 0.2) is 0 Å². The van der Waals surface area contributed by atoms with E-state index in [1.807, 2.05) is 4.90 Å². The second-order valence-electron chi connectivity index (χ2n) is 3.42. The van der Waals surface area contributed by atoms with E-state index in [0.29, 0.717) is 5.57 Å². The van der Waals surface area contributed by atoms with Crippen LogP contribution in [0.3, 0.4) is 0 Å². The van der Waals surface area contributed by atoms with Gasteiger partial charge in [0.1, 0.15) is 0 Å². The Morgan fingerprint density at radius 3 is 2.37 bits per heavy atom. The molecule has 9 heteroatoms. The molecular formula is C10H9F3N2O4. The van der Waals surface area contributed by atoms with Crippen LogP contribution in [0.5, 0.6) is 0 Å². The molecule has 0 aromatic carbocycles. The number of aliphatic carboxylic acids is 2. The molecule has 0 spiro atoms. The van der Waals surface area contributed by atoms with Crippen LogP contribution in [-0.4, -0.2) is 39.9 Å². The molecule has 2 rings (SSSR count).